The standard InChI is InChI=1S/C13H22N2O3S/c1-10-9-18-13(17)15(10)11-3-6-14(7-4-11)12(16)5-8-19-2/h10-11H,3-9H2,1-2H3. The lowest BCUT2D eigenvalue weighted by molar-refractivity contribution is -0.132. The summed E-state index contributed by atoms with van der Waals surface area (Å²) < 4.78 is 5.06. The topological polar surface area (TPSA) is 49.9 Å². The molecule has 1 atom stereocenters. The molecule has 0 aromatic rings. The van der Waals surface area contributed by atoms with Crippen LogP contribution in [-0.2, 0) is 9.53 Å². The molecule has 0 aromatic carbocycles. The summed E-state index contributed by atoms with van der Waals surface area (Å²) in [6.07, 6.45) is 4.17. The Morgan fingerprint density at radius 2 is 2.11 bits per heavy atom. The Morgan fingerprint density at radius 3 is 2.63 bits per heavy atom. The maximum absolute atomic E-state index is 11.9. The number of carbonyl (C=O) groups is 2. The molecule has 2 fully saturated rings. The minimum absolute atomic E-state index is 0.163. The largest absolute Gasteiger partial charge is 0.447 e. The first kappa shape index (κ1) is 14.5. The Morgan fingerprint density at radius 1 is 1.42 bits per heavy atom. The third kappa shape index (κ3) is 3.35. The highest BCUT2D eigenvalue weighted by Gasteiger charge is 2.37. The third-order valence-corrected chi connectivity index (χ3v) is 4.48. The van der Waals surface area contributed by atoms with Crippen molar-refractivity contribution in [3.8, 4) is 0 Å². The molecule has 0 bridgehead atoms. The van der Waals surface area contributed by atoms with Crippen molar-refractivity contribution in [3.05, 3.63) is 0 Å². The Balaban J connectivity index is 1.82. The summed E-state index contributed by atoms with van der Waals surface area (Å²) in [7, 11) is 0. The second-order valence-corrected chi connectivity index (χ2v) is 6.17. The number of likely N-dealkylation sites (tertiary alicyclic amines) is 1. The molecule has 2 aliphatic rings. The predicted molar refractivity (Wildman–Crippen MR) is 75.3 cm³/mol. The number of amides is 2. The van der Waals surface area contributed by atoms with Gasteiger partial charge in [0.1, 0.15) is 6.61 Å². The first-order valence-corrected chi connectivity index (χ1v) is 8.24. The van der Waals surface area contributed by atoms with Crippen LogP contribution in [0.4, 0.5) is 4.79 Å². The molecule has 2 saturated heterocycles. The molecule has 0 aromatic heterocycles. The lowest BCUT2D eigenvalue weighted by Crippen LogP contribution is -2.49. The van der Waals surface area contributed by atoms with Crippen molar-refractivity contribution in [2.45, 2.75) is 38.3 Å². The molecule has 2 amide bonds. The number of hydrogen-bond acceptors (Lipinski definition) is 4. The van der Waals surface area contributed by atoms with Crippen LogP contribution in [-0.4, -0.2) is 65.6 Å². The molecular formula is C13H22N2O3S. The number of piperidine rings is 1. The number of ether oxygens (including phenoxy) is 1. The number of cyclic esters (lactones) is 1. The summed E-state index contributed by atoms with van der Waals surface area (Å²) in [5.41, 5.74) is 0. The van der Waals surface area contributed by atoms with E-state index >= 15 is 0 Å². The zero-order valence-electron chi connectivity index (χ0n) is 11.6. The van der Waals surface area contributed by atoms with Crippen LogP contribution in [0.3, 0.4) is 0 Å². The van der Waals surface area contributed by atoms with Crippen LogP contribution in [0.2, 0.25) is 0 Å². The summed E-state index contributed by atoms with van der Waals surface area (Å²) in [6, 6.07) is 0.394. The van der Waals surface area contributed by atoms with Crippen molar-refractivity contribution in [3.63, 3.8) is 0 Å². The van der Waals surface area contributed by atoms with Crippen LogP contribution in [0.5, 0.6) is 0 Å². The van der Waals surface area contributed by atoms with Crippen molar-refractivity contribution < 1.29 is 14.3 Å². The monoisotopic (exact) mass is 286 g/mol. The van der Waals surface area contributed by atoms with Gasteiger partial charge in [-0.05, 0) is 26.0 Å². The van der Waals surface area contributed by atoms with Crippen molar-refractivity contribution >= 4 is 23.8 Å². The van der Waals surface area contributed by atoms with Gasteiger partial charge >= 0.3 is 6.09 Å². The molecule has 5 nitrogen and oxygen atoms in total. The molecule has 2 aliphatic heterocycles. The van der Waals surface area contributed by atoms with Crippen LogP contribution in [0.15, 0.2) is 0 Å². The summed E-state index contributed by atoms with van der Waals surface area (Å²) in [5.74, 6) is 1.12. The summed E-state index contributed by atoms with van der Waals surface area (Å²) in [6.45, 7) is 4.02. The highest BCUT2D eigenvalue weighted by Crippen LogP contribution is 2.23. The fraction of sp³-hybridized carbons (Fsp3) is 0.846. The average molecular weight is 286 g/mol. The van der Waals surface area contributed by atoms with Gasteiger partial charge in [-0.1, -0.05) is 0 Å². The van der Waals surface area contributed by atoms with E-state index in [-0.39, 0.29) is 24.1 Å². The van der Waals surface area contributed by atoms with Gasteiger partial charge in [0.25, 0.3) is 0 Å². The quantitative estimate of drug-likeness (QED) is 0.787. The van der Waals surface area contributed by atoms with E-state index in [0.29, 0.717) is 13.0 Å². The van der Waals surface area contributed by atoms with E-state index in [1.807, 2.05) is 23.0 Å². The van der Waals surface area contributed by atoms with Gasteiger partial charge < -0.3 is 9.64 Å². The molecule has 0 aliphatic carbocycles. The molecule has 108 valence electrons. The van der Waals surface area contributed by atoms with E-state index in [1.165, 1.54) is 0 Å². The van der Waals surface area contributed by atoms with E-state index in [2.05, 4.69) is 0 Å². The number of nitrogens with zero attached hydrogens (tertiary/aromatic N) is 2. The Hall–Kier alpha value is -0.910. The first-order valence-electron chi connectivity index (χ1n) is 6.85. The van der Waals surface area contributed by atoms with Gasteiger partial charge in [-0.25, -0.2) is 4.79 Å². The number of rotatable bonds is 4. The van der Waals surface area contributed by atoms with Gasteiger partial charge in [0, 0.05) is 31.3 Å². The molecule has 1 unspecified atom stereocenters. The number of thioether (sulfide) groups is 1. The maximum atomic E-state index is 11.9. The normalized spacial score (nSPS) is 24.7. The minimum Gasteiger partial charge on any atom is -0.447 e. The molecule has 2 heterocycles. The molecule has 0 spiro atoms. The van der Waals surface area contributed by atoms with Gasteiger partial charge in [-0.15, -0.1) is 0 Å². The Kier molecular flexibility index (Phi) is 4.96. The van der Waals surface area contributed by atoms with E-state index in [1.54, 1.807) is 11.8 Å². The van der Waals surface area contributed by atoms with Crippen LogP contribution >= 0.6 is 11.8 Å². The lowest BCUT2D eigenvalue weighted by atomic mass is 10.0. The molecular weight excluding hydrogens is 264 g/mol. The van der Waals surface area contributed by atoms with Crippen molar-refractivity contribution in [2.24, 2.45) is 0 Å². The maximum Gasteiger partial charge on any atom is 0.410 e. The van der Waals surface area contributed by atoms with Crippen LogP contribution < -0.4 is 0 Å². The second-order valence-electron chi connectivity index (χ2n) is 5.19. The van der Waals surface area contributed by atoms with Crippen molar-refractivity contribution in [2.75, 3.05) is 31.7 Å². The Labute approximate surface area is 118 Å². The van der Waals surface area contributed by atoms with Gasteiger partial charge in [-0.2, -0.15) is 11.8 Å². The highest BCUT2D eigenvalue weighted by molar-refractivity contribution is 7.98. The van der Waals surface area contributed by atoms with E-state index < -0.39 is 0 Å². The fourth-order valence-electron chi connectivity index (χ4n) is 2.78. The van der Waals surface area contributed by atoms with Gasteiger partial charge in [0.2, 0.25) is 5.91 Å². The van der Waals surface area contributed by atoms with Crippen molar-refractivity contribution in [1.29, 1.82) is 0 Å². The summed E-state index contributed by atoms with van der Waals surface area (Å²) in [5, 5.41) is 0. The third-order valence-electron chi connectivity index (χ3n) is 3.86. The summed E-state index contributed by atoms with van der Waals surface area (Å²) >= 11 is 1.70. The van der Waals surface area contributed by atoms with Crippen LogP contribution in [0, 0.1) is 0 Å². The number of hydrogen-bond donors (Lipinski definition) is 0. The zero-order valence-corrected chi connectivity index (χ0v) is 12.4. The number of carbonyl (C=O) groups excluding carboxylic acids is 2. The smallest absolute Gasteiger partial charge is 0.410 e. The van der Waals surface area contributed by atoms with Gasteiger partial charge in [0.05, 0.1) is 6.04 Å². The molecule has 19 heavy (non-hydrogen) atoms. The molecule has 6 heteroatoms. The highest BCUT2D eigenvalue weighted by atomic mass is 32.2. The lowest BCUT2D eigenvalue weighted by Gasteiger charge is -2.37. The van der Waals surface area contributed by atoms with E-state index in [9.17, 15) is 9.59 Å². The minimum atomic E-state index is -0.195. The van der Waals surface area contributed by atoms with Crippen LogP contribution in [0.25, 0.3) is 0 Å². The van der Waals surface area contributed by atoms with Gasteiger partial charge in [-0.3, -0.25) is 9.69 Å². The molecule has 0 saturated carbocycles. The average Bonchev–Trinajstić information content (AvgIpc) is 2.76. The van der Waals surface area contributed by atoms with Crippen LogP contribution in [0.1, 0.15) is 26.2 Å². The zero-order chi connectivity index (χ0) is 13.8. The summed E-state index contributed by atoms with van der Waals surface area (Å²) in [4.78, 5) is 27.4. The van der Waals surface area contributed by atoms with Gasteiger partial charge in [0.15, 0.2) is 0 Å². The SMILES string of the molecule is CSCCC(=O)N1CCC(N2C(=O)OCC2C)CC1. The first-order chi connectivity index (χ1) is 9.13. The van der Waals surface area contributed by atoms with Crippen molar-refractivity contribution in [1.82, 2.24) is 9.80 Å². The second kappa shape index (κ2) is 6.50. The molecule has 2 rings (SSSR count). The van der Waals surface area contributed by atoms with E-state index in [4.69, 9.17) is 4.74 Å². The molecule has 0 N–H and O–H groups in total. The van der Waals surface area contributed by atoms with E-state index in [0.717, 1.165) is 31.7 Å². The fourth-order valence-corrected chi connectivity index (χ4v) is 3.16. The Bertz CT molecular complexity index is 343. The molecule has 0 radical (unpaired) electrons. The predicted octanol–water partition coefficient (Wildman–Crippen LogP) is 1.57.